The highest BCUT2D eigenvalue weighted by Gasteiger charge is 2.44. The first-order valence-electron chi connectivity index (χ1n) is 7.57. The van der Waals surface area contributed by atoms with Crippen LogP contribution >= 0.6 is 0 Å². The van der Waals surface area contributed by atoms with Crippen molar-refractivity contribution in [3.63, 3.8) is 0 Å². The average molecular weight is 269 g/mol. The van der Waals surface area contributed by atoms with Crippen molar-refractivity contribution >= 4 is 5.97 Å². The van der Waals surface area contributed by atoms with Gasteiger partial charge in [-0.25, -0.2) is 0 Å². The minimum absolute atomic E-state index is 0.0235. The quantitative estimate of drug-likeness (QED) is 0.793. The highest BCUT2D eigenvalue weighted by atomic mass is 16.5. The Morgan fingerprint density at radius 1 is 1.37 bits per heavy atom. The Balaban J connectivity index is 2.07. The fraction of sp³-hybridized carbons (Fsp3) is 0.933. The standard InChI is InChI=1S/C15H27NO3/c1-3-12-8-15(11-16-10-12,14(17)18-2)9-13-4-6-19-7-5-13/h12-13,16H,3-11H2,1-2H3/t12-,15+/m1/s1. The lowest BCUT2D eigenvalue weighted by atomic mass is 9.69. The van der Waals surface area contributed by atoms with E-state index in [2.05, 4.69) is 12.2 Å². The molecule has 2 heterocycles. The third kappa shape index (κ3) is 3.48. The van der Waals surface area contributed by atoms with Crippen LogP contribution in [0.1, 0.15) is 39.0 Å². The number of carbonyl (C=O) groups is 1. The largest absolute Gasteiger partial charge is 0.469 e. The smallest absolute Gasteiger partial charge is 0.313 e. The molecule has 2 aliphatic heterocycles. The van der Waals surface area contributed by atoms with E-state index in [0.29, 0.717) is 11.8 Å². The Labute approximate surface area is 116 Å². The van der Waals surface area contributed by atoms with Gasteiger partial charge in [-0.1, -0.05) is 13.3 Å². The lowest BCUT2D eigenvalue weighted by Crippen LogP contribution is -2.50. The van der Waals surface area contributed by atoms with Gasteiger partial charge in [-0.3, -0.25) is 4.79 Å². The van der Waals surface area contributed by atoms with Crippen LogP contribution in [0.5, 0.6) is 0 Å². The van der Waals surface area contributed by atoms with Crippen molar-refractivity contribution in [2.45, 2.75) is 39.0 Å². The van der Waals surface area contributed by atoms with Gasteiger partial charge < -0.3 is 14.8 Å². The zero-order valence-electron chi connectivity index (χ0n) is 12.2. The van der Waals surface area contributed by atoms with E-state index in [-0.39, 0.29) is 11.4 Å². The average Bonchev–Trinajstić information content (AvgIpc) is 2.47. The topological polar surface area (TPSA) is 47.6 Å². The molecule has 0 spiro atoms. The van der Waals surface area contributed by atoms with Gasteiger partial charge in [0.1, 0.15) is 0 Å². The molecule has 0 amide bonds. The summed E-state index contributed by atoms with van der Waals surface area (Å²) in [5.41, 5.74) is -0.310. The number of hydrogen-bond donors (Lipinski definition) is 1. The summed E-state index contributed by atoms with van der Waals surface area (Å²) in [6, 6.07) is 0. The summed E-state index contributed by atoms with van der Waals surface area (Å²) in [5, 5.41) is 3.45. The normalized spacial score (nSPS) is 33.1. The molecule has 2 aliphatic rings. The Bertz CT molecular complexity index is 302. The maximum atomic E-state index is 12.3. The predicted octanol–water partition coefficient (Wildman–Crippen LogP) is 1.98. The molecule has 0 saturated carbocycles. The fourth-order valence-electron chi connectivity index (χ4n) is 3.62. The Kier molecular flexibility index (Phi) is 5.22. The second-order valence-electron chi connectivity index (χ2n) is 6.14. The highest BCUT2D eigenvalue weighted by molar-refractivity contribution is 5.77. The molecule has 2 atom stereocenters. The molecule has 1 N–H and O–H groups in total. The van der Waals surface area contributed by atoms with Crippen molar-refractivity contribution in [2.75, 3.05) is 33.4 Å². The monoisotopic (exact) mass is 269 g/mol. The molecule has 0 aromatic rings. The SMILES string of the molecule is CC[C@H]1CNC[C@](CC2CCOCC2)(C(=O)OC)C1. The van der Waals surface area contributed by atoms with Gasteiger partial charge in [-0.15, -0.1) is 0 Å². The van der Waals surface area contributed by atoms with E-state index in [4.69, 9.17) is 9.47 Å². The van der Waals surface area contributed by atoms with Gasteiger partial charge in [0.25, 0.3) is 0 Å². The second kappa shape index (κ2) is 6.71. The molecule has 0 radical (unpaired) electrons. The Morgan fingerprint density at radius 2 is 2.11 bits per heavy atom. The van der Waals surface area contributed by atoms with Crippen molar-refractivity contribution in [2.24, 2.45) is 17.3 Å². The zero-order valence-corrected chi connectivity index (χ0v) is 12.2. The maximum Gasteiger partial charge on any atom is 0.313 e. The molecule has 0 unspecified atom stereocenters. The van der Waals surface area contributed by atoms with Crippen LogP contribution in [-0.4, -0.2) is 39.4 Å². The molecule has 2 fully saturated rings. The molecule has 0 aliphatic carbocycles. The van der Waals surface area contributed by atoms with Crippen LogP contribution in [0.3, 0.4) is 0 Å². The minimum Gasteiger partial charge on any atom is -0.469 e. The Hall–Kier alpha value is -0.610. The lowest BCUT2D eigenvalue weighted by Gasteiger charge is -2.41. The summed E-state index contributed by atoms with van der Waals surface area (Å²) in [6.45, 7) is 5.68. The zero-order chi connectivity index (χ0) is 13.7. The molecule has 0 aromatic heterocycles. The third-order valence-electron chi connectivity index (χ3n) is 4.79. The molecule has 4 nitrogen and oxygen atoms in total. The number of esters is 1. The summed E-state index contributed by atoms with van der Waals surface area (Å²) >= 11 is 0. The lowest BCUT2D eigenvalue weighted by molar-refractivity contribution is -0.157. The van der Waals surface area contributed by atoms with E-state index in [0.717, 1.165) is 58.4 Å². The van der Waals surface area contributed by atoms with Crippen LogP contribution in [0.4, 0.5) is 0 Å². The van der Waals surface area contributed by atoms with Crippen LogP contribution in [0.15, 0.2) is 0 Å². The van der Waals surface area contributed by atoms with Gasteiger partial charge in [0.2, 0.25) is 0 Å². The molecule has 0 bridgehead atoms. The molecule has 110 valence electrons. The molecule has 19 heavy (non-hydrogen) atoms. The van der Waals surface area contributed by atoms with E-state index in [9.17, 15) is 4.79 Å². The summed E-state index contributed by atoms with van der Waals surface area (Å²) in [5.74, 6) is 1.17. The van der Waals surface area contributed by atoms with Gasteiger partial charge >= 0.3 is 5.97 Å². The van der Waals surface area contributed by atoms with E-state index < -0.39 is 0 Å². The van der Waals surface area contributed by atoms with Crippen molar-refractivity contribution in [1.29, 1.82) is 0 Å². The molecule has 0 aromatic carbocycles. The van der Waals surface area contributed by atoms with Crippen molar-refractivity contribution in [3.05, 3.63) is 0 Å². The summed E-state index contributed by atoms with van der Waals surface area (Å²) in [4.78, 5) is 12.3. The first-order chi connectivity index (χ1) is 9.20. The van der Waals surface area contributed by atoms with E-state index in [1.54, 1.807) is 0 Å². The third-order valence-corrected chi connectivity index (χ3v) is 4.79. The first-order valence-corrected chi connectivity index (χ1v) is 7.57. The van der Waals surface area contributed by atoms with Gasteiger partial charge in [-0.05, 0) is 44.1 Å². The van der Waals surface area contributed by atoms with Crippen LogP contribution < -0.4 is 5.32 Å². The minimum atomic E-state index is -0.310. The molecule has 2 rings (SSSR count). The number of ether oxygens (including phenoxy) is 2. The summed E-state index contributed by atoms with van der Waals surface area (Å²) < 4.78 is 10.5. The molecule has 2 saturated heterocycles. The number of piperidine rings is 1. The maximum absolute atomic E-state index is 12.3. The fourth-order valence-corrected chi connectivity index (χ4v) is 3.62. The predicted molar refractivity (Wildman–Crippen MR) is 73.9 cm³/mol. The number of carbonyl (C=O) groups excluding carboxylic acids is 1. The van der Waals surface area contributed by atoms with E-state index in [1.165, 1.54) is 7.11 Å². The second-order valence-corrected chi connectivity index (χ2v) is 6.14. The van der Waals surface area contributed by atoms with Crippen molar-refractivity contribution in [3.8, 4) is 0 Å². The van der Waals surface area contributed by atoms with Gasteiger partial charge in [0.05, 0.1) is 12.5 Å². The number of rotatable bonds is 4. The number of methoxy groups -OCH3 is 1. The van der Waals surface area contributed by atoms with Gasteiger partial charge in [0, 0.05) is 19.8 Å². The summed E-state index contributed by atoms with van der Waals surface area (Å²) in [6.07, 6.45) is 5.21. The Morgan fingerprint density at radius 3 is 2.74 bits per heavy atom. The van der Waals surface area contributed by atoms with Crippen molar-refractivity contribution in [1.82, 2.24) is 5.32 Å². The van der Waals surface area contributed by atoms with Crippen LogP contribution in [-0.2, 0) is 14.3 Å². The van der Waals surface area contributed by atoms with Crippen LogP contribution in [0.25, 0.3) is 0 Å². The van der Waals surface area contributed by atoms with Gasteiger partial charge in [0.15, 0.2) is 0 Å². The molecule has 4 heteroatoms. The van der Waals surface area contributed by atoms with Crippen LogP contribution in [0, 0.1) is 17.3 Å². The molecular weight excluding hydrogens is 242 g/mol. The summed E-state index contributed by atoms with van der Waals surface area (Å²) in [7, 11) is 1.52. The van der Waals surface area contributed by atoms with E-state index >= 15 is 0 Å². The number of hydrogen-bond acceptors (Lipinski definition) is 4. The first kappa shape index (κ1) is 14.8. The van der Waals surface area contributed by atoms with Crippen molar-refractivity contribution < 1.29 is 14.3 Å². The highest BCUT2D eigenvalue weighted by Crippen LogP contribution is 2.40. The molecular formula is C15H27NO3. The van der Waals surface area contributed by atoms with Crippen LogP contribution in [0.2, 0.25) is 0 Å². The van der Waals surface area contributed by atoms with E-state index in [1.807, 2.05) is 0 Å². The number of nitrogens with one attached hydrogen (secondary N) is 1. The van der Waals surface area contributed by atoms with Gasteiger partial charge in [-0.2, -0.15) is 0 Å².